The fourth-order valence-electron chi connectivity index (χ4n) is 2.12. The fourth-order valence-corrected chi connectivity index (χ4v) is 2.87. The third-order valence-electron chi connectivity index (χ3n) is 3.08. The van der Waals surface area contributed by atoms with Crippen molar-refractivity contribution in [2.24, 2.45) is 0 Å². The summed E-state index contributed by atoms with van der Waals surface area (Å²) in [6.07, 6.45) is 3.87. The molecule has 76 valence electrons. The molecule has 2 rings (SSSR count). The predicted molar refractivity (Wildman–Crippen MR) is 65.1 cm³/mol. The van der Waals surface area contributed by atoms with E-state index in [4.69, 9.17) is 0 Å². The SMILES string of the molecule is CC(C)c1ccc2c(c1)C(Br)CCC2. The molecule has 1 aliphatic carbocycles. The second-order valence-electron chi connectivity index (χ2n) is 4.47. The van der Waals surface area contributed by atoms with Crippen LogP contribution in [-0.4, -0.2) is 0 Å². The van der Waals surface area contributed by atoms with Gasteiger partial charge in [-0.3, -0.25) is 0 Å². The molecule has 0 fully saturated rings. The van der Waals surface area contributed by atoms with Crippen molar-refractivity contribution in [3.8, 4) is 0 Å². The molecule has 0 aliphatic heterocycles. The lowest BCUT2D eigenvalue weighted by atomic mass is 9.88. The summed E-state index contributed by atoms with van der Waals surface area (Å²) in [5.41, 5.74) is 4.54. The van der Waals surface area contributed by atoms with Gasteiger partial charge in [0.05, 0.1) is 0 Å². The minimum Gasteiger partial charge on any atom is -0.0839 e. The highest BCUT2D eigenvalue weighted by Gasteiger charge is 2.18. The summed E-state index contributed by atoms with van der Waals surface area (Å²) in [5.74, 6) is 0.641. The van der Waals surface area contributed by atoms with Crippen LogP contribution in [0.5, 0.6) is 0 Å². The average molecular weight is 253 g/mol. The number of aryl methyl sites for hydroxylation is 1. The van der Waals surface area contributed by atoms with Crippen LogP contribution in [0.2, 0.25) is 0 Å². The van der Waals surface area contributed by atoms with Crippen LogP contribution in [0.3, 0.4) is 0 Å². The Morgan fingerprint density at radius 1 is 1.36 bits per heavy atom. The lowest BCUT2D eigenvalue weighted by Gasteiger charge is -2.22. The quantitative estimate of drug-likeness (QED) is 0.642. The second-order valence-corrected chi connectivity index (χ2v) is 5.58. The second kappa shape index (κ2) is 4.06. The summed E-state index contributed by atoms with van der Waals surface area (Å²) in [5, 5.41) is 0. The number of hydrogen-bond acceptors (Lipinski definition) is 0. The van der Waals surface area contributed by atoms with Crippen molar-refractivity contribution in [2.45, 2.75) is 43.9 Å². The van der Waals surface area contributed by atoms with E-state index in [0.29, 0.717) is 10.7 Å². The van der Waals surface area contributed by atoms with Crippen molar-refractivity contribution in [1.82, 2.24) is 0 Å². The highest BCUT2D eigenvalue weighted by molar-refractivity contribution is 9.09. The third kappa shape index (κ3) is 1.88. The molecule has 0 bridgehead atoms. The van der Waals surface area contributed by atoms with E-state index in [1.165, 1.54) is 30.4 Å². The normalized spacial score (nSPS) is 21.0. The zero-order chi connectivity index (χ0) is 10.1. The van der Waals surface area contributed by atoms with Crippen LogP contribution >= 0.6 is 15.9 Å². The average Bonchev–Trinajstić information content (AvgIpc) is 2.18. The van der Waals surface area contributed by atoms with E-state index in [9.17, 15) is 0 Å². The van der Waals surface area contributed by atoms with Crippen molar-refractivity contribution < 1.29 is 0 Å². The number of alkyl halides is 1. The molecule has 0 spiro atoms. The van der Waals surface area contributed by atoms with Gasteiger partial charge in [0.2, 0.25) is 0 Å². The Bertz CT molecular complexity index is 328. The van der Waals surface area contributed by atoms with Crippen LogP contribution in [-0.2, 0) is 6.42 Å². The zero-order valence-electron chi connectivity index (χ0n) is 8.89. The monoisotopic (exact) mass is 252 g/mol. The van der Waals surface area contributed by atoms with Gasteiger partial charge in [-0.1, -0.05) is 48.0 Å². The highest BCUT2D eigenvalue weighted by atomic mass is 79.9. The van der Waals surface area contributed by atoms with Crippen molar-refractivity contribution in [3.05, 3.63) is 34.9 Å². The van der Waals surface area contributed by atoms with E-state index in [1.54, 1.807) is 5.56 Å². The van der Waals surface area contributed by atoms with Crippen LogP contribution in [0.1, 0.15) is 54.1 Å². The van der Waals surface area contributed by atoms with Crippen LogP contribution in [0.25, 0.3) is 0 Å². The Hall–Kier alpha value is -0.300. The highest BCUT2D eigenvalue weighted by Crippen LogP contribution is 2.37. The molecule has 1 aromatic rings. The Morgan fingerprint density at radius 2 is 2.14 bits per heavy atom. The van der Waals surface area contributed by atoms with Crippen LogP contribution in [0.4, 0.5) is 0 Å². The first-order valence-electron chi connectivity index (χ1n) is 5.45. The van der Waals surface area contributed by atoms with Gasteiger partial charge in [-0.15, -0.1) is 0 Å². The maximum atomic E-state index is 3.77. The molecular weight excluding hydrogens is 236 g/mol. The molecule has 0 nitrogen and oxygen atoms in total. The van der Waals surface area contributed by atoms with Gasteiger partial charge in [0.15, 0.2) is 0 Å². The third-order valence-corrected chi connectivity index (χ3v) is 4.03. The van der Waals surface area contributed by atoms with Gasteiger partial charge in [-0.2, -0.15) is 0 Å². The van der Waals surface area contributed by atoms with Crippen molar-refractivity contribution in [2.75, 3.05) is 0 Å². The van der Waals surface area contributed by atoms with Gasteiger partial charge in [0, 0.05) is 4.83 Å². The molecule has 0 heterocycles. The van der Waals surface area contributed by atoms with Gasteiger partial charge in [-0.05, 0) is 41.9 Å². The van der Waals surface area contributed by atoms with Crippen molar-refractivity contribution in [1.29, 1.82) is 0 Å². The number of hydrogen-bond donors (Lipinski definition) is 0. The first-order chi connectivity index (χ1) is 6.68. The summed E-state index contributed by atoms with van der Waals surface area (Å²) in [7, 11) is 0. The maximum absolute atomic E-state index is 3.77. The van der Waals surface area contributed by atoms with E-state index in [0.717, 1.165) is 0 Å². The smallest absolute Gasteiger partial charge is 0.0398 e. The van der Waals surface area contributed by atoms with Crippen LogP contribution < -0.4 is 0 Å². The van der Waals surface area contributed by atoms with E-state index >= 15 is 0 Å². The molecule has 1 unspecified atom stereocenters. The number of fused-ring (bicyclic) bond motifs is 1. The topological polar surface area (TPSA) is 0 Å². The maximum Gasteiger partial charge on any atom is 0.0398 e. The minimum absolute atomic E-state index is 0.588. The number of halogens is 1. The van der Waals surface area contributed by atoms with Gasteiger partial charge < -0.3 is 0 Å². The largest absolute Gasteiger partial charge is 0.0839 e. The molecule has 0 N–H and O–H groups in total. The van der Waals surface area contributed by atoms with E-state index in [1.807, 2.05) is 0 Å². The van der Waals surface area contributed by atoms with Gasteiger partial charge in [-0.25, -0.2) is 0 Å². The van der Waals surface area contributed by atoms with Gasteiger partial charge in [0.25, 0.3) is 0 Å². The molecule has 1 atom stereocenters. The molecule has 1 aliphatic rings. The molecule has 14 heavy (non-hydrogen) atoms. The predicted octanol–water partition coefficient (Wildman–Crippen LogP) is 4.58. The standard InChI is InChI=1S/C13H17Br/c1-9(2)11-7-6-10-4-3-5-13(14)12(10)8-11/h6-9,13H,3-5H2,1-2H3. The summed E-state index contributed by atoms with van der Waals surface area (Å²) >= 11 is 3.77. The molecule has 0 radical (unpaired) electrons. The van der Waals surface area contributed by atoms with Crippen molar-refractivity contribution in [3.63, 3.8) is 0 Å². The van der Waals surface area contributed by atoms with E-state index in [-0.39, 0.29) is 0 Å². The van der Waals surface area contributed by atoms with Gasteiger partial charge in [0.1, 0.15) is 0 Å². The Balaban J connectivity index is 2.41. The number of benzene rings is 1. The first kappa shape index (κ1) is 10.2. The van der Waals surface area contributed by atoms with Gasteiger partial charge >= 0.3 is 0 Å². The van der Waals surface area contributed by atoms with Crippen LogP contribution in [0.15, 0.2) is 18.2 Å². The van der Waals surface area contributed by atoms with E-state index in [2.05, 4.69) is 48.0 Å². The summed E-state index contributed by atoms with van der Waals surface area (Å²) in [6, 6.07) is 6.99. The fraction of sp³-hybridized carbons (Fsp3) is 0.538. The van der Waals surface area contributed by atoms with E-state index < -0.39 is 0 Å². The van der Waals surface area contributed by atoms with Crippen LogP contribution in [0, 0.1) is 0 Å². The molecule has 1 heteroatoms. The number of rotatable bonds is 1. The lowest BCUT2D eigenvalue weighted by molar-refractivity contribution is 0.678. The molecular formula is C13H17Br. The Morgan fingerprint density at radius 3 is 2.86 bits per heavy atom. The molecule has 0 saturated heterocycles. The Labute approximate surface area is 94.8 Å². The zero-order valence-corrected chi connectivity index (χ0v) is 10.5. The molecule has 0 saturated carbocycles. The summed E-state index contributed by atoms with van der Waals surface area (Å²) in [6.45, 7) is 4.52. The summed E-state index contributed by atoms with van der Waals surface area (Å²) in [4.78, 5) is 0.588. The summed E-state index contributed by atoms with van der Waals surface area (Å²) < 4.78 is 0. The Kier molecular flexibility index (Phi) is 2.96. The van der Waals surface area contributed by atoms with Crippen molar-refractivity contribution >= 4 is 15.9 Å². The first-order valence-corrected chi connectivity index (χ1v) is 6.37. The minimum atomic E-state index is 0.588. The molecule has 0 amide bonds. The molecule has 1 aromatic carbocycles. The molecule has 0 aromatic heterocycles. The lowest BCUT2D eigenvalue weighted by Crippen LogP contribution is -2.05.